The first kappa shape index (κ1) is 12.7. The molecule has 0 bridgehead atoms. The van der Waals surface area contributed by atoms with Crippen LogP contribution in [0.3, 0.4) is 0 Å². The SMILES string of the molecule is CCCNc1cc(NCC)nc(CCC)n1. The highest BCUT2D eigenvalue weighted by molar-refractivity contribution is 5.47. The van der Waals surface area contributed by atoms with Gasteiger partial charge in [0.2, 0.25) is 0 Å². The molecule has 1 heterocycles. The lowest BCUT2D eigenvalue weighted by Gasteiger charge is -2.09. The molecule has 90 valence electrons. The number of anilines is 2. The monoisotopic (exact) mass is 222 g/mol. The van der Waals surface area contributed by atoms with Crippen molar-refractivity contribution in [2.24, 2.45) is 0 Å². The summed E-state index contributed by atoms with van der Waals surface area (Å²) in [7, 11) is 0. The molecule has 4 heteroatoms. The molecule has 0 saturated carbocycles. The van der Waals surface area contributed by atoms with Crippen LogP contribution in [0.1, 0.15) is 39.4 Å². The van der Waals surface area contributed by atoms with Crippen LogP contribution in [0.25, 0.3) is 0 Å². The van der Waals surface area contributed by atoms with Crippen LogP contribution in [0.2, 0.25) is 0 Å². The smallest absolute Gasteiger partial charge is 0.133 e. The first-order valence-electron chi connectivity index (χ1n) is 6.15. The van der Waals surface area contributed by atoms with E-state index in [0.717, 1.165) is 49.8 Å². The van der Waals surface area contributed by atoms with E-state index in [1.54, 1.807) is 0 Å². The van der Waals surface area contributed by atoms with Gasteiger partial charge >= 0.3 is 0 Å². The van der Waals surface area contributed by atoms with Gasteiger partial charge in [0.1, 0.15) is 17.5 Å². The molecule has 0 saturated heterocycles. The van der Waals surface area contributed by atoms with Gasteiger partial charge in [-0.2, -0.15) is 0 Å². The van der Waals surface area contributed by atoms with Crippen molar-refractivity contribution in [2.45, 2.75) is 40.0 Å². The molecule has 0 amide bonds. The highest BCUT2D eigenvalue weighted by atomic mass is 15.1. The zero-order valence-corrected chi connectivity index (χ0v) is 10.5. The first-order chi connectivity index (χ1) is 7.80. The maximum atomic E-state index is 4.48. The predicted octanol–water partition coefficient (Wildman–Crippen LogP) is 2.68. The van der Waals surface area contributed by atoms with E-state index in [4.69, 9.17) is 0 Å². The van der Waals surface area contributed by atoms with E-state index in [1.807, 2.05) is 6.07 Å². The number of aromatic nitrogens is 2. The van der Waals surface area contributed by atoms with E-state index >= 15 is 0 Å². The molecule has 0 radical (unpaired) electrons. The zero-order chi connectivity index (χ0) is 11.8. The van der Waals surface area contributed by atoms with E-state index in [2.05, 4.69) is 41.4 Å². The topological polar surface area (TPSA) is 49.8 Å². The molecule has 2 N–H and O–H groups in total. The normalized spacial score (nSPS) is 10.2. The van der Waals surface area contributed by atoms with E-state index in [-0.39, 0.29) is 0 Å². The van der Waals surface area contributed by atoms with Gasteiger partial charge in [-0.15, -0.1) is 0 Å². The number of rotatable bonds is 7. The van der Waals surface area contributed by atoms with Crippen LogP contribution >= 0.6 is 0 Å². The Labute approximate surface area is 97.9 Å². The van der Waals surface area contributed by atoms with Gasteiger partial charge in [-0.1, -0.05) is 13.8 Å². The fraction of sp³-hybridized carbons (Fsp3) is 0.667. The third-order valence-electron chi connectivity index (χ3n) is 2.16. The van der Waals surface area contributed by atoms with Gasteiger partial charge in [0, 0.05) is 25.6 Å². The molecule has 1 rings (SSSR count). The van der Waals surface area contributed by atoms with Gasteiger partial charge in [0.25, 0.3) is 0 Å². The van der Waals surface area contributed by atoms with Crippen molar-refractivity contribution in [1.29, 1.82) is 0 Å². The summed E-state index contributed by atoms with van der Waals surface area (Å²) in [5.41, 5.74) is 0. The standard InChI is InChI=1S/C12H22N4/c1-4-7-10-15-11(13-6-3)9-12(16-10)14-8-5-2/h9H,4-8H2,1-3H3,(H2,13,14,15,16). The Bertz CT molecular complexity index is 288. The van der Waals surface area contributed by atoms with Crippen molar-refractivity contribution in [2.75, 3.05) is 23.7 Å². The second-order valence-corrected chi connectivity index (χ2v) is 3.76. The van der Waals surface area contributed by atoms with Crippen LogP contribution in [0.4, 0.5) is 11.6 Å². The number of hydrogen-bond donors (Lipinski definition) is 2. The third-order valence-corrected chi connectivity index (χ3v) is 2.16. The van der Waals surface area contributed by atoms with Crippen LogP contribution < -0.4 is 10.6 Å². The highest BCUT2D eigenvalue weighted by Crippen LogP contribution is 2.12. The van der Waals surface area contributed by atoms with E-state index in [9.17, 15) is 0 Å². The number of nitrogens with zero attached hydrogens (tertiary/aromatic N) is 2. The van der Waals surface area contributed by atoms with Gasteiger partial charge in [-0.05, 0) is 19.8 Å². The Morgan fingerprint density at radius 2 is 1.69 bits per heavy atom. The van der Waals surface area contributed by atoms with Gasteiger partial charge < -0.3 is 10.6 Å². The minimum atomic E-state index is 0.885. The summed E-state index contributed by atoms with van der Waals surface area (Å²) in [4.78, 5) is 8.94. The number of aryl methyl sites for hydroxylation is 1. The molecule has 0 aliphatic heterocycles. The average molecular weight is 222 g/mol. The number of nitrogens with one attached hydrogen (secondary N) is 2. The van der Waals surface area contributed by atoms with Gasteiger partial charge in [0.05, 0.1) is 0 Å². The molecular formula is C12H22N4. The van der Waals surface area contributed by atoms with Gasteiger partial charge in [-0.25, -0.2) is 9.97 Å². The molecule has 0 atom stereocenters. The molecule has 1 aromatic rings. The quantitative estimate of drug-likeness (QED) is 0.744. The molecule has 1 aromatic heterocycles. The highest BCUT2D eigenvalue weighted by Gasteiger charge is 2.02. The largest absolute Gasteiger partial charge is 0.370 e. The molecule has 4 nitrogen and oxygen atoms in total. The molecule has 0 unspecified atom stereocenters. The van der Waals surface area contributed by atoms with Crippen molar-refractivity contribution in [3.8, 4) is 0 Å². The van der Waals surface area contributed by atoms with Crippen molar-refractivity contribution in [3.63, 3.8) is 0 Å². The predicted molar refractivity (Wildman–Crippen MR) is 69.0 cm³/mol. The Morgan fingerprint density at radius 3 is 2.25 bits per heavy atom. The Balaban J connectivity index is 2.80. The summed E-state index contributed by atoms with van der Waals surface area (Å²) in [5, 5.41) is 6.53. The lowest BCUT2D eigenvalue weighted by Crippen LogP contribution is -2.08. The molecule has 16 heavy (non-hydrogen) atoms. The maximum absolute atomic E-state index is 4.48. The summed E-state index contributed by atoms with van der Waals surface area (Å²) in [6.07, 6.45) is 3.10. The molecule has 0 aromatic carbocycles. The van der Waals surface area contributed by atoms with Crippen molar-refractivity contribution < 1.29 is 0 Å². The summed E-state index contributed by atoms with van der Waals surface area (Å²) in [6, 6.07) is 1.97. The summed E-state index contributed by atoms with van der Waals surface area (Å²) >= 11 is 0. The van der Waals surface area contributed by atoms with Crippen LogP contribution in [0.5, 0.6) is 0 Å². The molecule has 0 spiro atoms. The molecule has 0 aliphatic carbocycles. The van der Waals surface area contributed by atoms with Crippen LogP contribution in [0, 0.1) is 0 Å². The molecule has 0 aliphatic rings. The third kappa shape index (κ3) is 4.04. The minimum Gasteiger partial charge on any atom is -0.370 e. The van der Waals surface area contributed by atoms with Crippen LogP contribution in [0.15, 0.2) is 6.07 Å². The van der Waals surface area contributed by atoms with Crippen molar-refractivity contribution in [1.82, 2.24) is 9.97 Å². The van der Waals surface area contributed by atoms with Crippen molar-refractivity contribution in [3.05, 3.63) is 11.9 Å². The maximum Gasteiger partial charge on any atom is 0.133 e. The summed E-state index contributed by atoms with van der Waals surface area (Å²) in [5.74, 6) is 2.76. The fourth-order valence-corrected chi connectivity index (χ4v) is 1.45. The number of hydrogen-bond acceptors (Lipinski definition) is 4. The van der Waals surface area contributed by atoms with E-state index < -0.39 is 0 Å². The van der Waals surface area contributed by atoms with Gasteiger partial charge in [0.15, 0.2) is 0 Å². The van der Waals surface area contributed by atoms with Crippen LogP contribution in [-0.2, 0) is 6.42 Å². The lowest BCUT2D eigenvalue weighted by atomic mass is 10.3. The second kappa shape index (κ2) is 7.04. The Hall–Kier alpha value is -1.32. The zero-order valence-electron chi connectivity index (χ0n) is 10.5. The average Bonchev–Trinajstić information content (AvgIpc) is 2.27. The van der Waals surface area contributed by atoms with E-state index in [0.29, 0.717) is 0 Å². The first-order valence-corrected chi connectivity index (χ1v) is 6.15. The van der Waals surface area contributed by atoms with Crippen LogP contribution in [-0.4, -0.2) is 23.1 Å². The lowest BCUT2D eigenvalue weighted by molar-refractivity contribution is 0.832. The molecule has 0 fully saturated rings. The van der Waals surface area contributed by atoms with E-state index in [1.165, 1.54) is 0 Å². The Morgan fingerprint density at radius 1 is 1.00 bits per heavy atom. The van der Waals surface area contributed by atoms with Crippen molar-refractivity contribution >= 4 is 11.6 Å². The second-order valence-electron chi connectivity index (χ2n) is 3.76. The molecular weight excluding hydrogens is 200 g/mol. The summed E-state index contributed by atoms with van der Waals surface area (Å²) < 4.78 is 0. The van der Waals surface area contributed by atoms with Gasteiger partial charge in [-0.3, -0.25) is 0 Å². The fourth-order valence-electron chi connectivity index (χ4n) is 1.45. The minimum absolute atomic E-state index is 0.885. The Kier molecular flexibility index (Phi) is 5.61. The summed E-state index contributed by atoms with van der Waals surface area (Å²) in [6.45, 7) is 8.19.